The monoisotopic (exact) mass is 1010 g/mol. The van der Waals surface area contributed by atoms with Gasteiger partial charge in [0, 0.05) is 45.6 Å². The molecule has 8 heteroatoms. The fourth-order valence-corrected chi connectivity index (χ4v) is 11.1. The molecule has 0 saturated carbocycles. The van der Waals surface area contributed by atoms with Crippen molar-refractivity contribution in [2.45, 2.75) is 317 Å². The van der Waals surface area contributed by atoms with E-state index in [1.54, 1.807) is 0 Å². The van der Waals surface area contributed by atoms with Crippen molar-refractivity contribution in [3.05, 3.63) is 0 Å². The highest BCUT2D eigenvalue weighted by Crippen LogP contribution is 2.24. The summed E-state index contributed by atoms with van der Waals surface area (Å²) in [6.45, 7) is 20.3. The molecule has 1 unspecified atom stereocenters. The predicted molar refractivity (Wildman–Crippen MR) is 312 cm³/mol. The molecule has 426 valence electrons. The fraction of sp³-hybridized carbons (Fsp3) is 0.953. The van der Waals surface area contributed by atoms with Gasteiger partial charge in [-0.1, -0.05) is 247 Å². The first kappa shape index (κ1) is 68.3. The Morgan fingerprint density at radius 1 is 0.347 bits per heavy atom. The minimum absolute atomic E-state index is 0.0835. The molecule has 0 aromatic carbocycles. The number of hydrogen-bond acceptors (Lipinski definition) is 6. The van der Waals surface area contributed by atoms with Crippen LogP contribution in [0.4, 0.5) is 0 Å². The summed E-state index contributed by atoms with van der Waals surface area (Å²) >= 11 is 0. The second kappa shape index (κ2) is 52.8. The Hall–Kier alpha value is -1.67. The third-order valence-electron chi connectivity index (χ3n) is 16.0. The summed E-state index contributed by atoms with van der Waals surface area (Å²) in [5.41, 5.74) is 0. The molecule has 1 atom stereocenters. The van der Waals surface area contributed by atoms with Gasteiger partial charge in [-0.05, 0) is 89.9 Å². The molecule has 0 bridgehead atoms. The van der Waals surface area contributed by atoms with Gasteiger partial charge in [0.05, 0.1) is 13.2 Å². The first-order valence-corrected chi connectivity index (χ1v) is 32.5. The van der Waals surface area contributed by atoms with Gasteiger partial charge in [0.25, 0.3) is 0 Å². The molecule has 0 aromatic heterocycles. The minimum atomic E-state index is -0.0835. The van der Waals surface area contributed by atoms with Crippen LogP contribution in [0, 0.1) is 5.92 Å². The van der Waals surface area contributed by atoms with Crippen molar-refractivity contribution in [3.63, 3.8) is 0 Å². The van der Waals surface area contributed by atoms with E-state index in [-0.39, 0.29) is 17.8 Å². The van der Waals surface area contributed by atoms with E-state index < -0.39 is 0 Å². The molecule has 0 radical (unpaired) electrons. The molecule has 1 fully saturated rings. The van der Waals surface area contributed by atoms with Gasteiger partial charge in [0.1, 0.15) is 0 Å². The van der Waals surface area contributed by atoms with Crippen molar-refractivity contribution < 1.29 is 19.1 Å². The maximum atomic E-state index is 13.8. The number of piperazine rings is 1. The van der Waals surface area contributed by atoms with E-state index in [4.69, 9.17) is 4.74 Å². The summed E-state index contributed by atoms with van der Waals surface area (Å²) in [5.74, 6) is 1.09. The third kappa shape index (κ3) is 42.5. The van der Waals surface area contributed by atoms with Crippen molar-refractivity contribution in [1.82, 2.24) is 19.6 Å². The van der Waals surface area contributed by atoms with E-state index in [0.29, 0.717) is 52.2 Å². The van der Waals surface area contributed by atoms with Crippen LogP contribution in [0.1, 0.15) is 317 Å². The average molecular weight is 1020 g/mol. The van der Waals surface area contributed by atoms with Crippen molar-refractivity contribution in [2.24, 2.45) is 5.92 Å². The van der Waals surface area contributed by atoms with Gasteiger partial charge in [0.2, 0.25) is 11.8 Å². The van der Waals surface area contributed by atoms with Crippen LogP contribution in [0.2, 0.25) is 0 Å². The number of nitrogens with zero attached hydrogens (tertiary/aromatic N) is 4. The maximum absolute atomic E-state index is 13.8. The van der Waals surface area contributed by atoms with Gasteiger partial charge in [-0.3, -0.25) is 19.3 Å². The number of esters is 1. The summed E-state index contributed by atoms with van der Waals surface area (Å²) in [7, 11) is 0. The van der Waals surface area contributed by atoms with E-state index in [0.717, 1.165) is 51.1 Å². The van der Waals surface area contributed by atoms with Gasteiger partial charge in [0.15, 0.2) is 0 Å². The van der Waals surface area contributed by atoms with E-state index in [1.165, 1.54) is 257 Å². The van der Waals surface area contributed by atoms with Gasteiger partial charge in [-0.15, -0.1) is 0 Å². The second-order valence-electron chi connectivity index (χ2n) is 22.9. The Morgan fingerprint density at radius 3 is 1.14 bits per heavy atom. The van der Waals surface area contributed by atoms with Crippen LogP contribution in [-0.2, 0) is 19.1 Å². The van der Waals surface area contributed by atoms with Crippen LogP contribution in [0.25, 0.3) is 0 Å². The lowest BCUT2D eigenvalue weighted by atomic mass is 9.90. The third-order valence-corrected chi connectivity index (χ3v) is 16.0. The van der Waals surface area contributed by atoms with E-state index in [1.807, 2.05) is 9.80 Å². The van der Waals surface area contributed by atoms with Crippen molar-refractivity contribution in [3.8, 4) is 0 Å². The molecule has 1 saturated heterocycles. The van der Waals surface area contributed by atoms with Crippen LogP contribution in [0.15, 0.2) is 0 Å². The van der Waals surface area contributed by atoms with Crippen molar-refractivity contribution >= 4 is 17.8 Å². The number of ether oxygens (including phenoxy) is 1. The van der Waals surface area contributed by atoms with Crippen LogP contribution < -0.4 is 0 Å². The van der Waals surface area contributed by atoms with E-state index >= 15 is 0 Å². The summed E-state index contributed by atoms with van der Waals surface area (Å²) < 4.78 is 5.61. The molecule has 72 heavy (non-hydrogen) atoms. The largest absolute Gasteiger partial charge is 0.466 e. The normalized spacial score (nSPS) is 13.5. The molecule has 1 heterocycles. The van der Waals surface area contributed by atoms with Crippen molar-refractivity contribution in [1.29, 1.82) is 0 Å². The summed E-state index contributed by atoms with van der Waals surface area (Å²) in [5, 5.41) is 0. The SMILES string of the molecule is CCCCCCCCCCCCN(CCCOC(=O)CCCCCCC)CC(=O)N1CCN(C(=O)CCCC(CCCCCCCCC)CCCN(CCCCCCCCC)CCCCCCCCC)CC1. The number of hydrogen-bond donors (Lipinski definition) is 0. The molecular formula is C64H126N4O4. The highest BCUT2D eigenvalue weighted by molar-refractivity contribution is 5.79. The molecular weight excluding hydrogens is 889 g/mol. The summed E-state index contributed by atoms with van der Waals surface area (Å²) in [6.07, 6.45) is 55.4. The molecule has 0 N–H and O–H groups in total. The Morgan fingerprint density at radius 2 is 0.681 bits per heavy atom. The maximum Gasteiger partial charge on any atom is 0.305 e. The molecule has 2 amide bonds. The quantitative estimate of drug-likeness (QED) is 0.0446. The van der Waals surface area contributed by atoms with E-state index in [9.17, 15) is 14.4 Å². The highest BCUT2D eigenvalue weighted by atomic mass is 16.5. The standard InChI is InChI=1S/C64H126N4O4/c1-6-11-16-21-25-26-27-31-36-41-52-66(54-44-59-72-64(71)49-38-32-20-15-10-5)60-63(70)68-57-55-67(56-58-68)62(69)48-42-46-61(45-37-33-28-22-17-12-7-2)47-43-53-65(50-39-34-29-23-18-13-8-3)51-40-35-30-24-19-14-9-4/h61H,6-60H2,1-5H3. The summed E-state index contributed by atoms with van der Waals surface area (Å²) in [4.78, 5) is 49.0. The molecule has 1 aliphatic rings. The van der Waals surface area contributed by atoms with Gasteiger partial charge < -0.3 is 19.4 Å². The number of rotatable bonds is 55. The zero-order valence-corrected chi connectivity index (χ0v) is 49.4. The molecule has 0 aliphatic carbocycles. The fourth-order valence-electron chi connectivity index (χ4n) is 11.1. The number of unbranched alkanes of at least 4 members (excludes halogenated alkanes) is 31. The summed E-state index contributed by atoms with van der Waals surface area (Å²) in [6, 6.07) is 0. The van der Waals surface area contributed by atoms with Crippen LogP contribution in [-0.4, -0.2) is 109 Å². The topological polar surface area (TPSA) is 73.4 Å². The Kier molecular flexibility index (Phi) is 50.1. The Labute approximate surface area is 449 Å². The zero-order valence-electron chi connectivity index (χ0n) is 49.4. The van der Waals surface area contributed by atoms with Gasteiger partial charge in [-0.25, -0.2) is 0 Å². The van der Waals surface area contributed by atoms with Crippen LogP contribution in [0.3, 0.4) is 0 Å². The first-order valence-electron chi connectivity index (χ1n) is 32.5. The van der Waals surface area contributed by atoms with E-state index in [2.05, 4.69) is 44.4 Å². The van der Waals surface area contributed by atoms with Crippen LogP contribution in [0.5, 0.6) is 0 Å². The smallest absolute Gasteiger partial charge is 0.305 e. The number of carbonyl (C=O) groups excluding carboxylic acids is 3. The minimum Gasteiger partial charge on any atom is -0.466 e. The molecule has 0 aromatic rings. The lowest BCUT2D eigenvalue weighted by molar-refractivity contribution is -0.144. The zero-order chi connectivity index (χ0) is 52.2. The predicted octanol–water partition coefficient (Wildman–Crippen LogP) is 17.7. The molecule has 1 rings (SSSR count). The number of carbonyl (C=O) groups is 3. The number of amides is 2. The van der Waals surface area contributed by atoms with Gasteiger partial charge in [-0.2, -0.15) is 0 Å². The highest BCUT2D eigenvalue weighted by Gasteiger charge is 2.25. The van der Waals surface area contributed by atoms with Gasteiger partial charge >= 0.3 is 5.97 Å². The molecule has 1 aliphatic heterocycles. The molecule has 0 spiro atoms. The second-order valence-corrected chi connectivity index (χ2v) is 22.9. The first-order chi connectivity index (χ1) is 35.4. The Bertz CT molecular complexity index is 1160. The Balaban J connectivity index is 2.68. The van der Waals surface area contributed by atoms with Crippen LogP contribution >= 0.6 is 0 Å². The average Bonchev–Trinajstić information content (AvgIpc) is 3.38. The van der Waals surface area contributed by atoms with Crippen molar-refractivity contribution in [2.75, 3.05) is 72.1 Å². The lowest BCUT2D eigenvalue weighted by Crippen LogP contribution is -2.52. The lowest BCUT2D eigenvalue weighted by Gasteiger charge is -2.36. The molecule has 8 nitrogen and oxygen atoms in total.